The summed E-state index contributed by atoms with van der Waals surface area (Å²) in [6, 6.07) is 9.35. The first kappa shape index (κ1) is 13.5. The summed E-state index contributed by atoms with van der Waals surface area (Å²) in [5.41, 5.74) is 0.901. The van der Waals surface area contributed by atoms with Gasteiger partial charge in [0.05, 0.1) is 23.9 Å². The molecule has 0 amide bonds. The van der Waals surface area contributed by atoms with Gasteiger partial charge in [0.25, 0.3) is 0 Å². The van der Waals surface area contributed by atoms with E-state index >= 15 is 0 Å². The van der Waals surface area contributed by atoms with Gasteiger partial charge in [-0.1, -0.05) is 11.6 Å². The number of rotatable bonds is 4. The molecule has 0 aliphatic rings. The third-order valence-corrected chi connectivity index (χ3v) is 4.45. The van der Waals surface area contributed by atoms with E-state index in [0.717, 1.165) is 20.5 Å². The van der Waals surface area contributed by atoms with E-state index in [4.69, 9.17) is 32.7 Å². The van der Waals surface area contributed by atoms with Gasteiger partial charge >= 0.3 is 0 Å². The molecular weight excluding hydrogens is 291 g/mol. The Labute approximate surface area is 120 Å². The monoisotopic (exact) mass is 302 g/mol. The van der Waals surface area contributed by atoms with Crippen molar-refractivity contribution in [3.05, 3.63) is 45.1 Å². The van der Waals surface area contributed by atoms with Crippen LogP contribution in [0.4, 0.5) is 0 Å². The predicted molar refractivity (Wildman–Crippen MR) is 76.6 cm³/mol. The first-order chi connectivity index (χ1) is 8.65. The third-order valence-electron chi connectivity index (χ3n) is 2.56. The quantitative estimate of drug-likeness (QED) is 0.759. The van der Waals surface area contributed by atoms with E-state index in [1.165, 1.54) is 11.3 Å². The fourth-order valence-electron chi connectivity index (χ4n) is 1.65. The summed E-state index contributed by atoms with van der Waals surface area (Å²) in [4.78, 5) is 0.991. The largest absolute Gasteiger partial charge is 0.497 e. The highest BCUT2D eigenvalue weighted by atomic mass is 35.5. The van der Waals surface area contributed by atoms with Crippen LogP contribution in [-0.2, 0) is 0 Å². The minimum Gasteiger partial charge on any atom is -0.497 e. The molecule has 0 N–H and O–H groups in total. The minimum atomic E-state index is -0.275. The Morgan fingerprint density at radius 1 is 1.11 bits per heavy atom. The van der Waals surface area contributed by atoms with Crippen LogP contribution in [0.15, 0.2) is 30.3 Å². The maximum atomic E-state index is 6.46. The van der Waals surface area contributed by atoms with Gasteiger partial charge in [0, 0.05) is 16.5 Å². The van der Waals surface area contributed by atoms with Crippen molar-refractivity contribution in [2.75, 3.05) is 14.2 Å². The van der Waals surface area contributed by atoms with E-state index < -0.39 is 0 Å². The van der Waals surface area contributed by atoms with Gasteiger partial charge in [-0.3, -0.25) is 0 Å². The summed E-state index contributed by atoms with van der Waals surface area (Å²) in [7, 11) is 3.23. The number of thiophene rings is 1. The molecule has 2 nitrogen and oxygen atoms in total. The van der Waals surface area contributed by atoms with E-state index in [9.17, 15) is 0 Å². The van der Waals surface area contributed by atoms with Crippen LogP contribution in [0.1, 0.15) is 15.8 Å². The average molecular weight is 303 g/mol. The molecule has 1 atom stereocenters. The molecular formula is C13H12Cl2O2S. The van der Waals surface area contributed by atoms with Crippen LogP contribution in [0.2, 0.25) is 4.34 Å². The first-order valence-corrected chi connectivity index (χ1v) is 6.90. The maximum Gasteiger partial charge on any atom is 0.127 e. The Hall–Kier alpha value is -0.900. The highest BCUT2D eigenvalue weighted by Crippen LogP contribution is 2.40. The summed E-state index contributed by atoms with van der Waals surface area (Å²) in [5, 5.41) is -0.275. The number of benzene rings is 1. The lowest BCUT2D eigenvalue weighted by molar-refractivity contribution is 0.391. The lowest BCUT2D eigenvalue weighted by Gasteiger charge is -2.13. The number of alkyl halides is 1. The molecule has 0 radical (unpaired) electrons. The van der Waals surface area contributed by atoms with Gasteiger partial charge < -0.3 is 9.47 Å². The molecule has 0 saturated carbocycles. The third kappa shape index (κ3) is 2.74. The van der Waals surface area contributed by atoms with Crippen LogP contribution in [0.3, 0.4) is 0 Å². The second-order valence-electron chi connectivity index (χ2n) is 3.61. The Bertz CT molecular complexity index is 540. The zero-order chi connectivity index (χ0) is 13.1. The zero-order valence-electron chi connectivity index (χ0n) is 9.94. The van der Waals surface area contributed by atoms with Gasteiger partial charge in [-0.2, -0.15) is 0 Å². The SMILES string of the molecule is COc1ccc(C(Cl)c2ccc(Cl)s2)c(OC)c1. The second kappa shape index (κ2) is 5.83. The molecule has 1 aromatic heterocycles. The van der Waals surface area contributed by atoms with Crippen molar-refractivity contribution in [1.29, 1.82) is 0 Å². The van der Waals surface area contributed by atoms with Crippen molar-refractivity contribution < 1.29 is 9.47 Å². The fraction of sp³-hybridized carbons (Fsp3) is 0.231. The Balaban J connectivity index is 2.38. The molecule has 18 heavy (non-hydrogen) atoms. The van der Waals surface area contributed by atoms with Gasteiger partial charge in [0.15, 0.2) is 0 Å². The van der Waals surface area contributed by atoms with Gasteiger partial charge in [-0.15, -0.1) is 22.9 Å². The lowest BCUT2D eigenvalue weighted by atomic mass is 10.1. The van der Waals surface area contributed by atoms with Gasteiger partial charge in [-0.25, -0.2) is 0 Å². The molecule has 0 saturated heterocycles. The molecule has 5 heteroatoms. The van der Waals surface area contributed by atoms with Crippen LogP contribution in [0.25, 0.3) is 0 Å². The number of methoxy groups -OCH3 is 2. The molecule has 0 bridgehead atoms. The predicted octanol–water partition coefficient (Wildman–Crippen LogP) is 4.75. The number of halogens is 2. The van der Waals surface area contributed by atoms with Crippen molar-refractivity contribution in [2.24, 2.45) is 0 Å². The number of ether oxygens (including phenoxy) is 2. The smallest absolute Gasteiger partial charge is 0.127 e. The van der Waals surface area contributed by atoms with Crippen molar-refractivity contribution in [3.63, 3.8) is 0 Å². The van der Waals surface area contributed by atoms with Crippen LogP contribution >= 0.6 is 34.5 Å². The summed E-state index contributed by atoms with van der Waals surface area (Å²) in [5.74, 6) is 1.45. The highest BCUT2D eigenvalue weighted by Gasteiger charge is 2.18. The Kier molecular flexibility index (Phi) is 4.38. The van der Waals surface area contributed by atoms with Crippen molar-refractivity contribution in [1.82, 2.24) is 0 Å². The van der Waals surface area contributed by atoms with E-state index in [-0.39, 0.29) is 5.38 Å². The molecule has 0 fully saturated rings. The number of hydrogen-bond donors (Lipinski definition) is 0. The van der Waals surface area contributed by atoms with Gasteiger partial charge in [0.2, 0.25) is 0 Å². The summed E-state index contributed by atoms with van der Waals surface area (Å²) in [6.45, 7) is 0. The number of hydrogen-bond acceptors (Lipinski definition) is 3. The van der Waals surface area contributed by atoms with Crippen molar-refractivity contribution in [3.8, 4) is 11.5 Å². The standard InChI is InChI=1S/C13H12Cl2O2S/c1-16-8-3-4-9(10(7-8)17-2)13(15)11-5-6-12(14)18-11/h3-7,13H,1-2H3. The van der Waals surface area contributed by atoms with E-state index in [1.807, 2.05) is 30.3 Å². The Morgan fingerprint density at radius 2 is 1.89 bits per heavy atom. The molecule has 2 rings (SSSR count). The summed E-state index contributed by atoms with van der Waals surface area (Å²) in [6.07, 6.45) is 0. The van der Waals surface area contributed by atoms with Crippen molar-refractivity contribution in [2.45, 2.75) is 5.38 Å². The van der Waals surface area contributed by atoms with E-state index in [1.54, 1.807) is 14.2 Å². The molecule has 0 aliphatic carbocycles. The molecule has 96 valence electrons. The molecule has 0 aliphatic heterocycles. The van der Waals surface area contributed by atoms with E-state index in [0.29, 0.717) is 5.75 Å². The normalized spacial score (nSPS) is 12.2. The fourth-order valence-corrected chi connectivity index (χ4v) is 3.09. The van der Waals surface area contributed by atoms with Crippen molar-refractivity contribution >= 4 is 34.5 Å². The van der Waals surface area contributed by atoms with Crippen LogP contribution in [0, 0.1) is 0 Å². The highest BCUT2D eigenvalue weighted by molar-refractivity contribution is 7.16. The Morgan fingerprint density at radius 3 is 2.44 bits per heavy atom. The second-order valence-corrected chi connectivity index (χ2v) is 5.80. The zero-order valence-corrected chi connectivity index (χ0v) is 12.3. The topological polar surface area (TPSA) is 18.5 Å². The molecule has 0 spiro atoms. The lowest BCUT2D eigenvalue weighted by Crippen LogP contribution is -1.96. The first-order valence-electron chi connectivity index (χ1n) is 5.27. The summed E-state index contributed by atoms with van der Waals surface area (Å²) < 4.78 is 11.2. The molecule has 1 unspecified atom stereocenters. The minimum absolute atomic E-state index is 0.275. The molecule has 2 aromatic rings. The van der Waals surface area contributed by atoms with Gasteiger partial charge in [0.1, 0.15) is 11.5 Å². The molecule has 1 aromatic carbocycles. The molecule has 1 heterocycles. The maximum absolute atomic E-state index is 6.46. The van der Waals surface area contributed by atoms with Crippen LogP contribution in [0.5, 0.6) is 11.5 Å². The van der Waals surface area contributed by atoms with Gasteiger partial charge in [-0.05, 0) is 24.3 Å². The summed E-state index contributed by atoms with van der Waals surface area (Å²) >= 11 is 13.8. The average Bonchev–Trinajstić information content (AvgIpc) is 2.83. The van der Waals surface area contributed by atoms with Crippen LogP contribution in [-0.4, -0.2) is 14.2 Å². The van der Waals surface area contributed by atoms with E-state index in [2.05, 4.69) is 0 Å². The van der Waals surface area contributed by atoms with Crippen LogP contribution < -0.4 is 9.47 Å².